The van der Waals surface area contributed by atoms with E-state index in [1.165, 1.54) is 37.7 Å². The summed E-state index contributed by atoms with van der Waals surface area (Å²) >= 11 is 3.56. The maximum atomic E-state index is 6.73. The van der Waals surface area contributed by atoms with Crippen molar-refractivity contribution in [1.29, 1.82) is 0 Å². The molecule has 0 amide bonds. The molecule has 3 atom stereocenters. The van der Waals surface area contributed by atoms with Crippen LogP contribution >= 0.6 is 15.9 Å². The van der Waals surface area contributed by atoms with Crippen LogP contribution in [0, 0.1) is 11.8 Å². The summed E-state index contributed by atoms with van der Waals surface area (Å²) in [6.07, 6.45) is 6.59. The Morgan fingerprint density at radius 3 is 2.72 bits per heavy atom. The molecule has 0 aromatic heterocycles. The van der Waals surface area contributed by atoms with Crippen LogP contribution in [0.5, 0.6) is 0 Å². The smallest absolute Gasteiger partial charge is 0.0412 e. The summed E-state index contributed by atoms with van der Waals surface area (Å²) in [5.41, 5.74) is 7.79. The maximum absolute atomic E-state index is 6.73. The molecule has 0 heterocycles. The zero-order valence-corrected chi connectivity index (χ0v) is 13.0. The minimum absolute atomic E-state index is 0.203. The summed E-state index contributed by atoms with van der Waals surface area (Å²) in [7, 11) is 0. The Morgan fingerprint density at radius 2 is 2.06 bits per heavy atom. The van der Waals surface area contributed by atoms with Gasteiger partial charge in [-0.2, -0.15) is 0 Å². The van der Waals surface area contributed by atoms with Crippen LogP contribution in [0.3, 0.4) is 0 Å². The fraction of sp³-hybridized carbons (Fsp3) is 0.625. The number of hydrogen-bond acceptors (Lipinski definition) is 1. The third kappa shape index (κ3) is 2.80. The molecule has 0 bridgehead atoms. The van der Waals surface area contributed by atoms with E-state index in [4.69, 9.17) is 5.73 Å². The second kappa shape index (κ2) is 5.75. The van der Waals surface area contributed by atoms with Crippen molar-refractivity contribution in [2.75, 3.05) is 0 Å². The van der Waals surface area contributed by atoms with E-state index in [0.717, 1.165) is 10.4 Å². The lowest BCUT2D eigenvalue weighted by Gasteiger charge is -2.42. The molecule has 1 nitrogen and oxygen atoms in total. The minimum atomic E-state index is -0.203. The van der Waals surface area contributed by atoms with Crippen molar-refractivity contribution >= 4 is 15.9 Å². The SMILES string of the molecule is CCC1CCCCC1C(C)(N)c1cccc(Br)c1. The monoisotopic (exact) mass is 309 g/mol. The van der Waals surface area contributed by atoms with Crippen LogP contribution in [0.15, 0.2) is 28.7 Å². The molecule has 1 aromatic carbocycles. The van der Waals surface area contributed by atoms with E-state index in [2.05, 4.69) is 54.0 Å². The van der Waals surface area contributed by atoms with Crippen LogP contribution in [-0.4, -0.2) is 0 Å². The summed E-state index contributed by atoms with van der Waals surface area (Å²) in [5, 5.41) is 0. The van der Waals surface area contributed by atoms with Crippen molar-refractivity contribution in [1.82, 2.24) is 0 Å². The number of rotatable bonds is 3. The van der Waals surface area contributed by atoms with Gasteiger partial charge in [-0.05, 0) is 42.9 Å². The van der Waals surface area contributed by atoms with Gasteiger partial charge in [0, 0.05) is 10.0 Å². The van der Waals surface area contributed by atoms with Gasteiger partial charge in [0.25, 0.3) is 0 Å². The predicted octanol–water partition coefficient (Wildman–Crippen LogP) is 4.84. The van der Waals surface area contributed by atoms with Gasteiger partial charge >= 0.3 is 0 Å². The molecule has 1 saturated carbocycles. The topological polar surface area (TPSA) is 26.0 Å². The van der Waals surface area contributed by atoms with E-state index in [9.17, 15) is 0 Å². The molecule has 18 heavy (non-hydrogen) atoms. The first kappa shape index (κ1) is 14.1. The van der Waals surface area contributed by atoms with Gasteiger partial charge in [-0.3, -0.25) is 0 Å². The molecular weight excluding hydrogens is 286 g/mol. The van der Waals surface area contributed by atoms with Crippen molar-refractivity contribution < 1.29 is 0 Å². The quantitative estimate of drug-likeness (QED) is 0.849. The lowest BCUT2D eigenvalue weighted by molar-refractivity contribution is 0.138. The van der Waals surface area contributed by atoms with Crippen LogP contribution < -0.4 is 5.73 Å². The number of nitrogens with two attached hydrogens (primary N) is 1. The highest BCUT2D eigenvalue weighted by Crippen LogP contribution is 2.42. The van der Waals surface area contributed by atoms with E-state index >= 15 is 0 Å². The average molecular weight is 310 g/mol. The largest absolute Gasteiger partial charge is 0.321 e. The summed E-state index contributed by atoms with van der Waals surface area (Å²) in [6.45, 7) is 4.52. The van der Waals surface area contributed by atoms with Gasteiger partial charge in [-0.25, -0.2) is 0 Å². The van der Waals surface area contributed by atoms with Crippen LogP contribution in [0.25, 0.3) is 0 Å². The van der Waals surface area contributed by atoms with Crippen LogP contribution in [0.1, 0.15) is 51.5 Å². The first-order valence-corrected chi connectivity index (χ1v) is 7.90. The minimum Gasteiger partial charge on any atom is -0.321 e. The Bertz CT molecular complexity index is 400. The van der Waals surface area contributed by atoms with E-state index in [1.807, 2.05) is 0 Å². The first-order valence-electron chi connectivity index (χ1n) is 7.10. The molecule has 1 aliphatic carbocycles. The second-order valence-corrected chi connectivity index (χ2v) is 6.77. The zero-order valence-electron chi connectivity index (χ0n) is 11.5. The highest BCUT2D eigenvalue weighted by Gasteiger charge is 2.37. The second-order valence-electron chi connectivity index (χ2n) is 5.85. The highest BCUT2D eigenvalue weighted by atomic mass is 79.9. The Morgan fingerprint density at radius 1 is 1.33 bits per heavy atom. The van der Waals surface area contributed by atoms with Crippen LogP contribution in [-0.2, 0) is 5.54 Å². The molecule has 2 heteroatoms. The van der Waals surface area contributed by atoms with Crippen molar-refractivity contribution in [3.63, 3.8) is 0 Å². The van der Waals surface area contributed by atoms with Gasteiger partial charge < -0.3 is 5.73 Å². The standard InChI is InChI=1S/C16H24BrN/c1-3-12-7-4-5-10-15(12)16(2,18)13-8-6-9-14(17)11-13/h6,8-9,11-12,15H,3-5,7,10,18H2,1-2H3. The molecule has 1 fully saturated rings. The normalized spacial score (nSPS) is 27.8. The molecule has 100 valence electrons. The highest BCUT2D eigenvalue weighted by molar-refractivity contribution is 9.10. The van der Waals surface area contributed by atoms with E-state index in [0.29, 0.717) is 5.92 Å². The van der Waals surface area contributed by atoms with Gasteiger partial charge in [0.15, 0.2) is 0 Å². The number of benzene rings is 1. The molecule has 2 N–H and O–H groups in total. The third-order valence-electron chi connectivity index (χ3n) is 4.65. The average Bonchev–Trinajstić information content (AvgIpc) is 2.38. The number of hydrogen-bond donors (Lipinski definition) is 1. The molecule has 0 radical (unpaired) electrons. The summed E-state index contributed by atoms with van der Waals surface area (Å²) in [6, 6.07) is 8.51. The third-order valence-corrected chi connectivity index (χ3v) is 5.14. The molecule has 1 aromatic rings. The van der Waals surface area contributed by atoms with Gasteiger partial charge in [0.05, 0.1) is 0 Å². The Hall–Kier alpha value is -0.340. The van der Waals surface area contributed by atoms with Gasteiger partial charge in [0.2, 0.25) is 0 Å². The molecule has 2 rings (SSSR count). The molecule has 1 aliphatic rings. The maximum Gasteiger partial charge on any atom is 0.0412 e. The fourth-order valence-electron chi connectivity index (χ4n) is 3.52. The van der Waals surface area contributed by atoms with Crippen molar-refractivity contribution in [3.8, 4) is 0 Å². The molecule has 0 aliphatic heterocycles. The summed E-state index contributed by atoms with van der Waals surface area (Å²) in [4.78, 5) is 0. The van der Waals surface area contributed by atoms with Gasteiger partial charge in [-0.15, -0.1) is 0 Å². The molecular formula is C16H24BrN. The van der Waals surface area contributed by atoms with Gasteiger partial charge in [0.1, 0.15) is 0 Å². The Labute approximate surface area is 119 Å². The summed E-state index contributed by atoms with van der Waals surface area (Å²) in [5.74, 6) is 1.40. The van der Waals surface area contributed by atoms with Crippen LogP contribution in [0.2, 0.25) is 0 Å². The lowest BCUT2D eigenvalue weighted by atomic mass is 9.66. The Kier molecular flexibility index (Phi) is 4.50. The molecule has 0 spiro atoms. The Balaban J connectivity index is 2.28. The summed E-state index contributed by atoms with van der Waals surface area (Å²) < 4.78 is 1.13. The lowest BCUT2D eigenvalue weighted by Crippen LogP contribution is -2.45. The predicted molar refractivity (Wildman–Crippen MR) is 81.4 cm³/mol. The van der Waals surface area contributed by atoms with Crippen molar-refractivity contribution in [2.45, 2.75) is 51.5 Å². The van der Waals surface area contributed by atoms with E-state index < -0.39 is 0 Å². The van der Waals surface area contributed by atoms with Crippen LogP contribution in [0.4, 0.5) is 0 Å². The fourth-order valence-corrected chi connectivity index (χ4v) is 3.92. The molecule has 0 saturated heterocycles. The molecule has 3 unspecified atom stereocenters. The number of halogens is 1. The first-order chi connectivity index (χ1) is 8.55. The van der Waals surface area contributed by atoms with E-state index in [-0.39, 0.29) is 5.54 Å². The zero-order chi connectivity index (χ0) is 13.2. The van der Waals surface area contributed by atoms with E-state index in [1.54, 1.807) is 0 Å². The van der Waals surface area contributed by atoms with Gasteiger partial charge in [-0.1, -0.05) is 60.7 Å². The van der Waals surface area contributed by atoms with Crippen molar-refractivity contribution in [3.05, 3.63) is 34.3 Å². The van der Waals surface area contributed by atoms with Crippen molar-refractivity contribution in [2.24, 2.45) is 17.6 Å².